The van der Waals surface area contributed by atoms with Gasteiger partial charge in [0.1, 0.15) is 0 Å². The van der Waals surface area contributed by atoms with E-state index in [4.69, 9.17) is 10.00 Å². The quantitative estimate of drug-likeness (QED) is 0.579. The third-order valence-electron chi connectivity index (χ3n) is 3.42. The van der Waals surface area contributed by atoms with E-state index in [0.717, 1.165) is 13.1 Å². The van der Waals surface area contributed by atoms with Crippen molar-refractivity contribution in [1.29, 1.82) is 5.26 Å². The molecule has 2 atom stereocenters. The Bertz CT molecular complexity index is 253. The number of fused-ring (bicyclic) bond motifs is 2. The topological polar surface area (TPSA) is 48.3 Å². The molecule has 13 heavy (non-hydrogen) atoms. The zero-order valence-corrected chi connectivity index (χ0v) is 7.49. The second-order valence-corrected chi connectivity index (χ2v) is 4.34. The summed E-state index contributed by atoms with van der Waals surface area (Å²) in [4.78, 5) is 2.30. The summed E-state index contributed by atoms with van der Waals surface area (Å²) in [6, 6.07) is 3.66. The van der Waals surface area contributed by atoms with Crippen LogP contribution in [0.15, 0.2) is 0 Å². The monoisotopic (exact) mass is 179 g/mol. The Morgan fingerprint density at radius 3 is 2.38 bits per heavy atom. The minimum absolute atomic E-state index is 0.279. The van der Waals surface area contributed by atoms with E-state index in [1.54, 1.807) is 0 Å². The van der Waals surface area contributed by atoms with Crippen molar-refractivity contribution < 1.29 is 4.74 Å². The Balaban J connectivity index is 1.75. The number of hydrogen-bond acceptors (Lipinski definition) is 4. The molecule has 2 bridgehead atoms. The summed E-state index contributed by atoms with van der Waals surface area (Å²) in [5, 5.41) is 12.6. The van der Waals surface area contributed by atoms with Crippen LogP contribution in [0.1, 0.15) is 6.42 Å². The van der Waals surface area contributed by atoms with Gasteiger partial charge in [-0.25, -0.2) is 0 Å². The van der Waals surface area contributed by atoms with Gasteiger partial charge in [-0.1, -0.05) is 0 Å². The maximum atomic E-state index is 9.10. The van der Waals surface area contributed by atoms with Crippen LogP contribution < -0.4 is 5.32 Å². The molecule has 0 spiro atoms. The van der Waals surface area contributed by atoms with Crippen molar-refractivity contribution in [3.63, 3.8) is 0 Å². The molecule has 4 rings (SSSR count). The first-order chi connectivity index (χ1) is 6.32. The van der Waals surface area contributed by atoms with Gasteiger partial charge < -0.3 is 10.1 Å². The molecule has 0 saturated carbocycles. The highest BCUT2D eigenvalue weighted by atomic mass is 16.5. The van der Waals surface area contributed by atoms with Gasteiger partial charge in [-0.05, 0) is 6.42 Å². The molecule has 0 amide bonds. The van der Waals surface area contributed by atoms with Crippen LogP contribution in [0, 0.1) is 11.3 Å². The maximum Gasteiger partial charge on any atom is 0.156 e. The summed E-state index contributed by atoms with van der Waals surface area (Å²) in [6.45, 7) is 3.24. The van der Waals surface area contributed by atoms with E-state index >= 15 is 0 Å². The van der Waals surface area contributed by atoms with Gasteiger partial charge in [0.25, 0.3) is 0 Å². The highest BCUT2D eigenvalue weighted by molar-refractivity contribution is 5.16. The Hall–Kier alpha value is -0.630. The van der Waals surface area contributed by atoms with Crippen LogP contribution in [-0.4, -0.2) is 48.8 Å². The van der Waals surface area contributed by atoms with Crippen LogP contribution in [-0.2, 0) is 4.74 Å². The Morgan fingerprint density at radius 1 is 1.38 bits per heavy atom. The van der Waals surface area contributed by atoms with Crippen molar-refractivity contribution >= 4 is 0 Å². The normalized spacial score (nSPS) is 41.5. The maximum absolute atomic E-state index is 9.10. The van der Waals surface area contributed by atoms with Crippen molar-refractivity contribution in [3.8, 4) is 6.07 Å². The Kier molecular flexibility index (Phi) is 1.46. The number of ether oxygens (including phenoxy) is 1. The van der Waals surface area contributed by atoms with Crippen LogP contribution in [0.4, 0.5) is 0 Å². The Morgan fingerprint density at radius 2 is 2.00 bits per heavy atom. The zero-order valence-electron chi connectivity index (χ0n) is 7.49. The highest BCUT2D eigenvalue weighted by Gasteiger charge is 2.50. The van der Waals surface area contributed by atoms with Crippen molar-refractivity contribution in [2.75, 3.05) is 26.3 Å². The second-order valence-electron chi connectivity index (χ2n) is 4.34. The van der Waals surface area contributed by atoms with E-state index in [1.807, 2.05) is 0 Å². The van der Waals surface area contributed by atoms with Gasteiger partial charge in [0.2, 0.25) is 0 Å². The first kappa shape index (κ1) is 7.74. The summed E-state index contributed by atoms with van der Waals surface area (Å²) in [6.07, 6.45) is 1.29. The van der Waals surface area contributed by atoms with Gasteiger partial charge in [0, 0.05) is 25.2 Å². The third kappa shape index (κ3) is 0.953. The number of hydrogen-bond donors (Lipinski definition) is 1. The largest absolute Gasteiger partial charge is 0.375 e. The molecule has 0 aromatic rings. The number of nitrogens with one attached hydrogen (secondary N) is 1. The standard InChI is InChI=1S/C9H13N3O/c10-4-9(5-13-6-9)12-2-7-1-8(3-12)11-7/h7-8,11H,1-3,5-6H2. The molecule has 2 unspecified atom stereocenters. The van der Waals surface area contributed by atoms with Gasteiger partial charge in [0.15, 0.2) is 5.54 Å². The van der Waals surface area contributed by atoms with E-state index in [2.05, 4.69) is 16.3 Å². The zero-order chi connectivity index (χ0) is 8.89. The lowest BCUT2D eigenvalue weighted by atomic mass is 9.86. The molecule has 4 nitrogen and oxygen atoms in total. The van der Waals surface area contributed by atoms with E-state index < -0.39 is 0 Å². The van der Waals surface area contributed by atoms with Crippen LogP contribution >= 0.6 is 0 Å². The van der Waals surface area contributed by atoms with Crippen LogP contribution in [0.3, 0.4) is 0 Å². The average molecular weight is 179 g/mol. The molecule has 4 aliphatic heterocycles. The van der Waals surface area contributed by atoms with Gasteiger partial charge in [0.05, 0.1) is 19.3 Å². The van der Waals surface area contributed by atoms with Crippen molar-refractivity contribution in [2.24, 2.45) is 0 Å². The van der Waals surface area contributed by atoms with E-state index in [0.29, 0.717) is 25.3 Å². The molecule has 4 fully saturated rings. The SMILES string of the molecule is N#CC1(N2CC3CC(C2)N3)COC1. The van der Waals surface area contributed by atoms with Crippen LogP contribution in [0.5, 0.6) is 0 Å². The molecule has 4 aliphatic rings. The number of rotatable bonds is 1. The summed E-state index contributed by atoms with van der Waals surface area (Å²) in [5.74, 6) is 0. The molecule has 0 aromatic heterocycles. The molecule has 4 heteroatoms. The number of piperidine rings is 1. The molecule has 4 saturated heterocycles. The Labute approximate surface area is 77.5 Å². The first-order valence-electron chi connectivity index (χ1n) is 4.82. The molecule has 0 radical (unpaired) electrons. The summed E-state index contributed by atoms with van der Waals surface area (Å²) in [5.41, 5.74) is -0.279. The summed E-state index contributed by atoms with van der Waals surface area (Å²) >= 11 is 0. The highest BCUT2D eigenvalue weighted by Crippen LogP contribution is 2.31. The fraction of sp³-hybridized carbons (Fsp3) is 0.889. The third-order valence-corrected chi connectivity index (χ3v) is 3.42. The van der Waals surface area contributed by atoms with E-state index in [1.165, 1.54) is 6.42 Å². The predicted molar refractivity (Wildman–Crippen MR) is 46.1 cm³/mol. The lowest BCUT2D eigenvalue weighted by Gasteiger charge is -2.55. The number of nitriles is 1. The fourth-order valence-electron chi connectivity index (χ4n) is 2.48. The van der Waals surface area contributed by atoms with Gasteiger partial charge in [-0.15, -0.1) is 0 Å². The van der Waals surface area contributed by atoms with Gasteiger partial charge in [-0.2, -0.15) is 5.26 Å². The molecule has 70 valence electrons. The van der Waals surface area contributed by atoms with Gasteiger partial charge in [-0.3, -0.25) is 4.90 Å². The molecule has 0 aliphatic carbocycles. The van der Waals surface area contributed by atoms with Crippen molar-refractivity contribution in [2.45, 2.75) is 24.0 Å². The number of piperazine rings is 1. The smallest absolute Gasteiger partial charge is 0.156 e. The molecular formula is C9H13N3O. The minimum Gasteiger partial charge on any atom is -0.375 e. The number of nitrogens with zero attached hydrogens (tertiary/aromatic N) is 2. The molecule has 4 heterocycles. The van der Waals surface area contributed by atoms with E-state index in [-0.39, 0.29) is 5.54 Å². The van der Waals surface area contributed by atoms with Crippen LogP contribution in [0.2, 0.25) is 0 Å². The lowest BCUT2D eigenvalue weighted by Crippen LogP contribution is -2.74. The molecular weight excluding hydrogens is 166 g/mol. The van der Waals surface area contributed by atoms with Crippen LogP contribution in [0.25, 0.3) is 0 Å². The lowest BCUT2D eigenvalue weighted by molar-refractivity contribution is -0.131. The predicted octanol–water partition coefficient (Wildman–Crippen LogP) is -0.675. The summed E-state index contributed by atoms with van der Waals surface area (Å²) < 4.78 is 5.15. The van der Waals surface area contributed by atoms with Gasteiger partial charge >= 0.3 is 0 Å². The fourth-order valence-corrected chi connectivity index (χ4v) is 2.48. The summed E-state index contributed by atoms with van der Waals surface area (Å²) in [7, 11) is 0. The molecule has 1 N–H and O–H groups in total. The van der Waals surface area contributed by atoms with Crippen molar-refractivity contribution in [1.82, 2.24) is 10.2 Å². The minimum atomic E-state index is -0.279. The van der Waals surface area contributed by atoms with Crippen molar-refractivity contribution in [3.05, 3.63) is 0 Å². The average Bonchev–Trinajstić information content (AvgIpc) is 2.02. The molecule has 0 aromatic carbocycles. The van der Waals surface area contributed by atoms with E-state index in [9.17, 15) is 0 Å². The first-order valence-corrected chi connectivity index (χ1v) is 4.82. The second kappa shape index (κ2) is 2.44.